The molecule has 1 aliphatic rings. The fraction of sp³-hybridized carbons (Fsp3) is 0.400. The van der Waals surface area contributed by atoms with E-state index in [1.807, 2.05) is 38.1 Å². The quantitative estimate of drug-likeness (QED) is 0.714. The molecule has 2 atom stereocenters. The van der Waals surface area contributed by atoms with Gasteiger partial charge in [0.25, 0.3) is 0 Å². The van der Waals surface area contributed by atoms with Gasteiger partial charge in [0.15, 0.2) is 0 Å². The molecular weight excluding hydrogens is 243 g/mol. The highest BCUT2D eigenvalue weighted by atomic mass is 79.9. The molecule has 0 aromatic heterocycles. The zero-order chi connectivity index (χ0) is 10.1. The second-order valence-corrected chi connectivity index (χ2v) is 4.48. The Balaban J connectivity index is 2.13. The molecular formula is C10H12BBrO2. The van der Waals surface area contributed by atoms with Crippen molar-refractivity contribution in [3.8, 4) is 0 Å². The van der Waals surface area contributed by atoms with Crippen LogP contribution in [-0.4, -0.2) is 19.3 Å². The Morgan fingerprint density at radius 3 is 2.07 bits per heavy atom. The van der Waals surface area contributed by atoms with Gasteiger partial charge in [-0.05, 0) is 31.4 Å². The Hall–Kier alpha value is -0.315. The summed E-state index contributed by atoms with van der Waals surface area (Å²) in [5.74, 6) is 0. The summed E-state index contributed by atoms with van der Waals surface area (Å²) in [6.07, 6.45) is 0.340. The molecule has 0 N–H and O–H groups in total. The number of rotatable bonds is 1. The molecule has 74 valence electrons. The van der Waals surface area contributed by atoms with E-state index in [1.54, 1.807) is 0 Å². The molecule has 1 heterocycles. The van der Waals surface area contributed by atoms with E-state index in [4.69, 9.17) is 9.31 Å². The maximum Gasteiger partial charge on any atom is 0.494 e. The lowest BCUT2D eigenvalue weighted by Crippen LogP contribution is -2.32. The third-order valence-electron chi connectivity index (χ3n) is 2.48. The molecule has 2 rings (SSSR count). The van der Waals surface area contributed by atoms with Crippen molar-refractivity contribution in [3.05, 3.63) is 28.7 Å². The van der Waals surface area contributed by atoms with Gasteiger partial charge < -0.3 is 9.31 Å². The van der Waals surface area contributed by atoms with E-state index in [9.17, 15) is 0 Å². The van der Waals surface area contributed by atoms with Crippen molar-refractivity contribution in [1.82, 2.24) is 0 Å². The number of hydrogen-bond donors (Lipinski definition) is 0. The maximum absolute atomic E-state index is 5.66. The minimum atomic E-state index is -0.201. The molecule has 2 nitrogen and oxygen atoms in total. The second kappa shape index (κ2) is 4.05. The van der Waals surface area contributed by atoms with Crippen LogP contribution in [0.1, 0.15) is 13.8 Å². The first-order valence-corrected chi connectivity index (χ1v) is 5.52. The number of benzene rings is 1. The smallest absolute Gasteiger partial charge is 0.402 e. The number of halogens is 1. The molecule has 4 heteroatoms. The zero-order valence-electron chi connectivity index (χ0n) is 8.24. The monoisotopic (exact) mass is 254 g/mol. The van der Waals surface area contributed by atoms with Crippen LogP contribution in [0.2, 0.25) is 0 Å². The molecule has 1 aromatic rings. The van der Waals surface area contributed by atoms with Crippen molar-refractivity contribution in [2.24, 2.45) is 0 Å². The van der Waals surface area contributed by atoms with Gasteiger partial charge in [0.2, 0.25) is 0 Å². The predicted molar refractivity (Wildman–Crippen MR) is 60.6 cm³/mol. The first kappa shape index (κ1) is 10.2. The third-order valence-corrected chi connectivity index (χ3v) is 3.01. The van der Waals surface area contributed by atoms with Gasteiger partial charge in [-0.3, -0.25) is 0 Å². The Bertz CT molecular complexity index is 304. The van der Waals surface area contributed by atoms with E-state index >= 15 is 0 Å². The van der Waals surface area contributed by atoms with Gasteiger partial charge in [0, 0.05) is 4.47 Å². The summed E-state index contributed by atoms with van der Waals surface area (Å²) in [7, 11) is -0.201. The Morgan fingerprint density at radius 2 is 1.57 bits per heavy atom. The van der Waals surface area contributed by atoms with E-state index in [0.29, 0.717) is 0 Å². The lowest BCUT2D eigenvalue weighted by atomic mass is 9.79. The van der Waals surface area contributed by atoms with Crippen LogP contribution in [0.3, 0.4) is 0 Å². The van der Waals surface area contributed by atoms with E-state index in [-0.39, 0.29) is 19.3 Å². The maximum atomic E-state index is 5.66. The van der Waals surface area contributed by atoms with Gasteiger partial charge in [0.05, 0.1) is 12.2 Å². The summed E-state index contributed by atoms with van der Waals surface area (Å²) >= 11 is 3.40. The van der Waals surface area contributed by atoms with Gasteiger partial charge in [-0.2, -0.15) is 0 Å². The first-order chi connectivity index (χ1) is 6.66. The Morgan fingerprint density at radius 1 is 1.07 bits per heavy atom. The van der Waals surface area contributed by atoms with E-state index in [1.165, 1.54) is 0 Å². The summed E-state index contributed by atoms with van der Waals surface area (Å²) in [5.41, 5.74) is 1.07. The predicted octanol–water partition coefficient (Wildman–Crippen LogP) is 1.97. The average molecular weight is 255 g/mol. The largest absolute Gasteiger partial charge is 0.494 e. The fourth-order valence-electron chi connectivity index (χ4n) is 1.42. The summed E-state index contributed by atoms with van der Waals surface area (Å²) in [4.78, 5) is 0. The van der Waals surface area contributed by atoms with Crippen molar-refractivity contribution >= 4 is 28.5 Å². The summed E-state index contributed by atoms with van der Waals surface area (Å²) in [5, 5.41) is 0. The lowest BCUT2D eigenvalue weighted by Gasteiger charge is -2.04. The molecule has 1 saturated heterocycles. The van der Waals surface area contributed by atoms with Crippen LogP contribution in [0.15, 0.2) is 28.7 Å². The van der Waals surface area contributed by atoms with Gasteiger partial charge in [-0.15, -0.1) is 0 Å². The molecule has 1 fully saturated rings. The molecule has 0 amide bonds. The van der Waals surface area contributed by atoms with Gasteiger partial charge >= 0.3 is 7.12 Å². The number of hydrogen-bond acceptors (Lipinski definition) is 2. The molecule has 0 radical (unpaired) electrons. The first-order valence-electron chi connectivity index (χ1n) is 4.73. The molecule has 0 saturated carbocycles. The fourth-order valence-corrected chi connectivity index (χ4v) is 1.68. The molecule has 0 spiro atoms. The SMILES string of the molecule is CC1OB(c2ccc(Br)cc2)OC1C. The van der Waals surface area contributed by atoms with Crippen LogP contribution in [0.5, 0.6) is 0 Å². The summed E-state index contributed by atoms with van der Waals surface area (Å²) in [6, 6.07) is 8.02. The molecule has 1 aliphatic heterocycles. The molecule has 0 aliphatic carbocycles. The minimum absolute atomic E-state index is 0.170. The highest BCUT2D eigenvalue weighted by Gasteiger charge is 2.35. The summed E-state index contributed by atoms with van der Waals surface area (Å²) in [6.45, 7) is 4.06. The van der Waals surface area contributed by atoms with Crippen LogP contribution in [0, 0.1) is 0 Å². The summed E-state index contributed by atoms with van der Waals surface area (Å²) < 4.78 is 12.4. The van der Waals surface area contributed by atoms with Crippen LogP contribution in [-0.2, 0) is 9.31 Å². The van der Waals surface area contributed by atoms with Gasteiger partial charge in [0.1, 0.15) is 0 Å². The zero-order valence-corrected chi connectivity index (χ0v) is 9.82. The Kier molecular flexibility index (Phi) is 2.95. The van der Waals surface area contributed by atoms with Crippen molar-refractivity contribution in [3.63, 3.8) is 0 Å². The highest BCUT2D eigenvalue weighted by molar-refractivity contribution is 9.10. The standard InChI is InChI=1S/C10H12BBrO2/c1-7-8(2)14-11(13-7)9-3-5-10(12)6-4-9/h3-8H,1-2H3. The van der Waals surface area contributed by atoms with E-state index in [0.717, 1.165) is 9.94 Å². The second-order valence-electron chi connectivity index (χ2n) is 3.57. The van der Waals surface area contributed by atoms with Crippen LogP contribution < -0.4 is 5.46 Å². The third kappa shape index (κ3) is 2.02. The normalized spacial score (nSPS) is 26.9. The molecule has 1 aromatic carbocycles. The van der Waals surface area contributed by atoms with Crippen molar-refractivity contribution in [2.75, 3.05) is 0 Å². The van der Waals surface area contributed by atoms with E-state index < -0.39 is 0 Å². The van der Waals surface area contributed by atoms with Crippen molar-refractivity contribution in [1.29, 1.82) is 0 Å². The van der Waals surface area contributed by atoms with Crippen molar-refractivity contribution in [2.45, 2.75) is 26.1 Å². The van der Waals surface area contributed by atoms with E-state index in [2.05, 4.69) is 15.9 Å². The topological polar surface area (TPSA) is 18.5 Å². The molecule has 14 heavy (non-hydrogen) atoms. The van der Waals surface area contributed by atoms with Gasteiger partial charge in [-0.1, -0.05) is 28.1 Å². The molecule has 2 unspecified atom stereocenters. The van der Waals surface area contributed by atoms with Crippen LogP contribution in [0.4, 0.5) is 0 Å². The minimum Gasteiger partial charge on any atom is -0.402 e. The Labute approximate surface area is 92.9 Å². The highest BCUT2D eigenvalue weighted by Crippen LogP contribution is 2.16. The van der Waals surface area contributed by atoms with Gasteiger partial charge in [-0.25, -0.2) is 0 Å². The van der Waals surface area contributed by atoms with Crippen LogP contribution in [0.25, 0.3) is 0 Å². The van der Waals surface area contributed by atoms with Crippen molar-refractivity contribution < 1.29 is 9.31 Å². The average Bonchev–Trinajstić information content (AvgIpc) is 2.48. The van der Waals surface area contributed by atoms with Crippen LogP contribution >= 0.6 is 15.9 Å². The molecule has 0 bridgehead atoms. The lowest BCUT2D eigenvalue weighted by molar-refractivity contribution is 0.187.